The molecule has 0 bridgehead atoms. The molecule has 2 aliphatic rings. The first kappa shape index (κ1) is 18.3. The van der Waals surface area contributed by atoms with Crippen LogP contribution < -0.4 is 0 Å². The van der Waals surface area contributed by atoms with Gasteiger partial charge in [0.2, 0.25) is 11.8 Å². The summed E-state index contributed by atoms with van der Waals surface area (Å²) in [4.78, 5) is 28.5. The first-order chi connectivity index (χ1) is 10.8. The van der Waals surface area contributed by atoms with E-state index in [-0.39, 0.29) is 11.3 Å². The van der Waals surface area contributed by atoms with Crippen molar-refractivity contribution in [3.63, 3.8) is 0 Å². The minimum absolute atomic E-state index is 0.0318. The van der Waals surface area contributed by atoms with Crippen molar-refractivity contribution in [3.8, 4) is 0 Å². The highest BCUT2D eigenvalue weighted by Crippen LogP contribution is 2.27. The molecule has 0 atom stereocenters. The quantitative estimate of drug-likeness (QED) is 0.795. The van der Waals surface area contributed by atoms with Crippen LogP contribution in [0.25, 0.3) is 0 Å². The third-order valence-corrected chi connectivity index (χ3v) is 5.16. The van der Waals surface area contributed by atoms with Gasteiger partial charge in [0.1, 0.15) is 0 Å². The topological polar surface area (TPSA) is 40.6 Å². The van der Waals surface area contributed by atoms with E-state index in [2.05, 4.69) is 20.8 Å². The Kier molecular flexibility index (Phi) is 6.49. The summed E-state index contributed by atoms with van der Waals surface area (Å²) in [7, 11) is 0. The maximum atomic E-state index is 12.4. The van der Waals surface area contributed by atoms with Crippen molar-refractivity contribution in [2.24, 2.45) is 11.3 Å². The van der Waals surface area contributed by atoms with Crippen LogP contribution in [0.15, 0.2) is 0 Å². The van der Waals surface area contributed by atoms with Crippen molar-refractivity contribution < 1.29 is 9.59 Å². The molecule has 2 rings (SSSR count). The van der Waals surface area contributed by atoms with Gasteiger partial charge in [-0.3, -0.25) is 9.59 Å². The van der Waals surface area contributed by atoms with E-state index in [9.17, 15) is 9.59 Å². The van der Waals surface area contributed by atoms with Crippen molar-refractivity contribution >= 4 is 11.8 Å². The fraction of sp³-hybridized carbons (Fsp3) is 0.895. The van der Waals surface area contributed by atoms with Crippen molar-refractivity contribution in [2.45, 2.75) is 72.1 Å². The highest BCUT2D eigenvalue weighted by molar-refractivity contribution is 5.78. The smallest absolute Gasteiger partial charge is 0.223 e. The van der Waals surface area contributed by atoms with E-state index >= 15 is 0 Å². The van der Waals surface area contributed by atoms with Crippen LogP contribution in [0.4, 0.5) is 0 Å². The van der Waals surface area contributed by atoms with Gasteiger partial charge in [-0.05, 0) is 17.8 Å². The van der Waals surface area contributed by atoms with Crippen LogP contribution in [0.2, 0.25) is 0 Å². The molecule has 23 heavy (non-hydrogen) atoms. The van der Waals surface area contributed by atoms with E-state index in [1.165, 1.54) is 32.1 Å². The Morgan fingerprint density at radius 3 is 1.91 bits per heavy atom. The van der Waals surface area contributed by atoms with Crippen LogP contribution in [0.5, 0.6) is 0 Å². The highest BCUT2D eigenvalue weighted by Gasteiger charge is 2.27. The van der Waals surface area contributed by atoms with Crippen molar-refractivity contribution in [1.29, 1.82) is 0 Å². The van der Waals surface area contributed by atoms with Gasteiger partial charge in [0.25, 0.3) is 0 Å². The molecule has 1 aliphatic heterocycles. The summed E-state index contributed by atoms with van der Waals surface area (Å²) >= 11 is 0. The fourth-order valence-electron chi connectivity index (χ4n) is 3.73. The molecule has 132 valence electrons. The monoisotopic (exact) mass is 322 g/mol. The van der Waals surface area contributed by atoms with Gasteiger partial charge in [-0.15, -0.1) is 0 Å². The SMILES string of the molecule is CC(C)(C)CC(=O)N1CCN(C(=O)CCC2CCCCC2)CC1. The standard InChI is InChI=1S/C19H34N2O2/c1-19(2,3)15-18(23)21-13-11-20(12-14-21)17(22)10-9-16-7-5-4-6-8-16/h16H,4-15H2,1-3H3. The van der Waals surface area contributed by atoms with Crippen LogP contribution in [-0.4, -0.2) is 47.8 Å². The number of piperazine rings is 1. The second-order valence-corrected chi connectivity index (χ2v) is 8.54. The van der Waals surface area contributed by atoms with Gasteiger partial charge in [0, 0.05) is 39.0 Å². The van der Waals surface area contributed by atoms with E-state index in [4.69, 9.17) is 0 Å². The number of carbonyl (C=O) groups is 2. The lowest BCUT2D eigenvalue weighted by Crippen LogP contribution is -2.51. The predicted octanol–water partition coefficient (Wildman–Crippen LogP) is 3.45. The summed E-state index contributed by atoms with van der Waals surface area (Å²) < 4.78 is 0. The summed E-state index contributed by atoms with van der Waals surface area (Å²) in [5, 5.41) is 0. The van der Waals surface area contributed by atoms with Gasteiger partial charge in [0.15, 0.2) is 0 Å². The zero-order valence-corrected chi connectivity index (χ0v) is 15.3. The molecule has 0 aromatic carbocycles. The molecule has 0 aromatic heterocycles. The minimum Gasteiger partial charge on any atom is -0.339 e. The molecular weight excluding hydrogens is 288 g/mol. The minimum atomic E-state index is 0.0318. The van der Waals surface area contributed by atoms with Crippen LogP contribution in [0.1, 0.15) is 72.1 Å². The molecule has 1 saturated carbocycles. The normalized spacial score (nSPS) is 20.7. The van der Waals surface area contributed by atoms with Crippen LogP contribution in [0.3, 0.4) is 0 Å². The number of rotatable bonds is 4. The van der Waals surface area contributed by atoms with E-state index in [1.54, 1.807) is 0 Å². The average Bonchev–Trinajstić information content (AvgIpc) is 2.52. The lowest BCUT2D eigenvalue weighted by molar-refractivity contribution is -0.140. The number of nitrogens with zero attached hydrogens (tertiary/aromatic N) is 2. The molecule has 4 heteroatoms. The van der Waals surface area contributed by atoms with E-state index in [0.717, 1.165) is 12.3 Å². The lowest BCUT2D eigenvalue weighted by Gasteiger charge is -2.36. The fourth-order valence-corrected chi connectivity index (χ4v) is 3.73. The van der Waals surface area contributed by atoms with Crippen LogP contribution in [0, 0.1) is 11.3 Å². The number of hydrogen-bond acceptors (Lipinski definition) is 2. The van der Waals surface area contributed by atoms with Gasteiger partial charge in [-0.2, -0.15) is 0 Å². The molecule has 4 nitrogen and oxygen atoms in total. The van der Waals surface area contributed by atoms with Crippen molar-refractivity contribution in [3.05, 3.63) is 0 Å². The average molecular weight is 322 g/mol. The Bertz CT molecular complexity index is 400. The van der Waals surface area contributed by atoms with Crippen molar-refractivity contribution in [2.75, 3.05) is 26.2 Å². The second kappa shape index (κ2) is 8.16. The zero-order chi connectivity index (χ0) is 16.9. The molecule has 2 amide bonds. The van der Waals surface area contributed by atoms with Gasteiger partial charge >= 0.3 is 0 Å². The number of amides is 2. The molecule has 0 radical (unpaired) electrons. The molecule has 0 spiro atoms. The van der Waals surface area contributed by atoms with E-state index in [1.807, 2.05) is 9.80 Å². The summed E-state index contributed by atoms with van der Waals surface area (Å²) in [6.07, 6.45) is 9.01. The first-order valence-electron chi connectivity index (χ1n) is 9.41. The van der Waals surface area contributed by atoms with Gasteiger partial charge in [-0.1, -0.05) is 52.9 Å². The summed E-state index contributed by atoms with van der Waals surface area (Å²) in [6.45, 7) is 9.09. The third-order valence-electron chi connectivity index (χ3n) is 5.16. The second-order valence-electron chi connectivity index (χ2n) is 8.54. The largest absolute Gasteiger partial charge is 0.339 e. The number of carbonyl (C=O) groups excluding carboxylic acids is 2. The van der Waals surface area contributed by atoms with Crippen LogP contribution >= 0.6 is 0 Å². The Labute approximate surface area is 141 Å². The Balaban J connectivity index is 1.69. The lowest BCUT2D eigenvalue weighted by atomic mass is 9.86. The maximum Gasteiger partial charge on any atom is 0.223 e. The first-order valence-corrected chi connectivity index (χ1v) is 9.41. The van der Waals surface area contributed by atoms with Gasteiger partial charge in [0.05, 0.1) is 0 Å². The third kappa shape index (κ3) is 6.15. The molecule has 1 heterocycles. The molecule has 2 fully saturated rings. The molecule has 1 aliphatic carbocycles. The highest BCUT2D eigenvalue weighted by atomic mass is 16.2. The Hall–Kier alpha value is -1.06. The van der Waals surface area contributed by atoms with E-state index in [0.29, 0.717) is 44.9 Å². The van der Waals surface area contributed by atoms with Gasteiger partial charge in [-0.25, -0.2) is 0 Å². The summed E-state index contributed by atoms with van der Waals surface area (Å²) in [5.74, 6) is 1.28. The predicted molar refractivity (Wildman–Crippen MR) is 93.0 cm³/mol. The van der Waals surface area contributed by atoms with Crippen LogP contribution in [-0.2, 0) is 9.59 Å². The molecule has 0 unspecified atom stereocenters. The van der Waals surface area contributed by atoms with Crippen molar-refractivity contribution in [1.82, 2.24) is 9.80 Å². The van der Waals surface area contributed by atoms with Gasteiger partial charge < -0.3 is 9.80 Å². The Morgan fingerprint density at radius 1 is 0.870 bits per heavy atom. The van der Waals surface area contributed by atoms with E-state index < -0.39 is 0 Å². The number of hydrogen-bond donors (Lipinski definition) is 0. The molecule has 1 saturated heterocycles. The molecular formula is C19H34N2O2. The summed E-state index contributed by atoms with van der Waals surface area (Å²) in [6, 6.07) is 0. The summed E-state index contributed by atoms with van der Waals surface area (Å²) in [5.41, 5.74) is 0.0318. The maximum absolute atomic E-state index is 12.4. The Morgan fingerprint density at radius 2 is 1.39 bits per heavy atom. The molecule has 0 aromatic rings. The molecule has 0 N–H and O–H groups in total. The zero-order valence-electron chi connectivity index (χ0n) is 15.3.